The Bertz CT molecular complexity index is 394. The summed E-state index contributed by atoms with van der Waals surface area (Å²) in [7, 11) is 0. The molecule has 16 heavy (non-hydrogen) atoms. The van der Waals surface area contributed by atoms with Crippen molar-refractivity contribution in [3.63, 3.8) is 0 Å². The van der Waals surface area contributed by atoms with Crippen LogP contribution >= 0.6 is 0 Å². The smallest absolute Gasteiger partial charge is 0.229 e. The van der Waals surface area contributed by atoms with Gasteiger partial charge in [0.15, 0.2) is 0 Å². The highest BCUT2D eigenvalue weighted by molar-refractivity contribution is 5.79. The molecule has 0 radical (unpaired) electrons. The third-order valence-electron chi connectivity index (χ3n) is 2.75. The molecule has 86 valence electrons. The molecule has 1 aromatic carbocycles. The molecule has 1 aliphatic heterocycles. The van der Waals surface area contributed by atoms with Crippen molar-refractivity contribution in [3.8, 4) is 0 Å². The van der Waals surface area contributed by atoms with E-state index in [-0.39, 0.29) is 24.4 Å². The highest BCUT2D eigenvalue weighted by atomic mass is 19.1. The van der Waals surface area contributed by atoms with Gasteiger partial charge < -0.3 is 9.64 Å². The lowest BCUT2D eigenvalue weighted by Crippen LogP contribution is -2.35. The Kier molecular flexibility index (Phi) is 3.19. The van der Waals surface area contributed by atoms with Crippen molar-refractivity contribution < 1.29 is 13.9 Å². The zero-order chi connectivity index (χ0) is 11.5. The number of hydrogen-bond donors (Lipinski definition) is 0. The summed E-state index contributed by atoms with van der Waals surface area (Å²) in [6, 6.07) is 6.35. The molecule has 0 bridgehead atoms. The van der Waals surface area contributed by atoms with Crippen LogP contribution in [0.5, 0.6) is 0 Å². The molecule has 1 heterocycles. The fraction of sp³-hybridized carbons (Fsp3) is 0.417. The predicted molar refractivity (Wildman–Crippen MR) is 57.2 cm³/mol. The summed E-state index contributed by atoms with van der Waals surface area (Å²) < 4.78 is 18.6. The Labute approximate surface area is 93.8 Å². The SMILES string of the molecule is CC1OCCN1C(=O)Cc1ccccc1F. The lowest BCUT2D eigenvalue weighted by Gasteiger charge is -2.19. The molecule has 0 spiro atoms. The summed E-state index contributed by atoms with van der Waals surface area (Å²) in [6.45, 7) is 2.98. The van der Waals surface area contributed by atoms with Gasteiger partial charge in [-0.25, -0.2) is 4.39 Å². The Morgan fingerprint density at radius 2 is 2.31 bits per heavy atom. The van der Waals surface area contributed by atoms with Gasteiger partial charge in [-0.05, 0) is 18.6 Å². The molecule has 1 atom stereocenters. The van der Waals surface area contributed by atoms with Gasteiger partial charge in [0.25, 0.3) is 0 Å². The number of nitrogens with zero attached hydrogens (tertiary/aromatic N) is 1. The van der Waals surface area contributed by atoms with Gasteiger partial charge >= 0.3 is 0 Å². The fourth-order valence-electron chi connectivity index (χ4n) is 1.83. The van der Waals surface area contributed by atoms with Gasteiger partial charge in [-0.2, -0.15) is 0 Å². The molecule has 1 amide bonds. The molecule has 0 aromatic heterocycles. The zero-order valence-corrected chi connectivity index (χ0v) is 9.15. The minimum atomic E-state index is -0.330. The number of carbonyl (C=O) groups excluding carboxylic acids is 1. The topological polar surface area (TPSA) is 29.5 Å². The van der Waals surface area contributed by atoms with Gasteiger partial charge in [0.1, 0.15) is 12.0 Å². The fourth-order valence-corrected chi connectivity index (χ4v) is 1.83. The molecule has 1 aromatic rings. The van der Waals surface area contributed by atoms with E-state index in [2.05, 4.69) is 0 Å². The van der Waals surface area contributed by atoms with Crippen LogP contribution in [0.4, 0.5) is 4.39 Å². The van der Waals surface area contributed by atoms with Crippen LogP contribution < -0.4 is 0 Å². The first kappa shape index (κ1) is 11.1. The standard InChI is InChI=1S/C12H14FNO2/c1-9-14(6-7-16-9)12(15)8-10-4-2-3-5-11(10)13/h2-5,9H,6-8H2,1H3. The van der Waals surface area contributed by atoms with Gasteiger partial charge in [0.2, 0.25) is 5.91 Å². The highest BCUT2D eigenvalue weighted by Crippen LogP contribution is 2.13. The van der Waals surface area contributed by atoms with Crippen LogP contribution in [0, 0.1) is 5.82 Å². The van der Waals surface area contributed by atoms with Crippen molar-refractivity contribution in [2.24, 2.45) is 0 Å². The number of benzene rings is 1. The second kappa shape index (κ2) is 4.61. The van der Waals surface area contributed by atoms with E-state index in [9.17, 15) is 9.18 Å². The predicted octanol–water partition coefficient (Wildman–Crippen LogP) is 1.57. The molecule has 1 unspecified atom stereocenters. The lowest BCUT2D eigenvalue weighted by atomic mass is 10.1. The van der Waals surface area contributed by atoms with Crippen molar-refractivity contribution >= 4 is 5.91 Å². The maximum absolute atomic E-state index is 13.3. The van der Waals surface area contributed by atoms with E-state index in [1.807, 2.05) is 6.92 Å². The van der Waals surface area contributed by atoms with Crippen molar-refractivity contribution in [3.05, 3.63) is 35.6 Å². The molecule has 0 saturated carbocycles. The molecular weight excluding hydrogens is 209 g/mol. The Hall–Kier alpha value is -1.42. The zero-order valence-electron chi connectivity index (χ0n) is 9.15. The average Bonchev–Trinajstić information content (AvgIpc) is 2.68. The minimum absolute atomic E-state index is 0.0879. The van der Waals surface area contributed by atoms with Gasteiger partial charge in [0.05, 0.1) is 13.0 Å². The van der Waals surface area contributed by atoms with Crippen molar-refractivity contribution in [2.75, 3.05) is 13.2 Å². The van der Waals surface area contributed by atoms with Crippen molar-refractivity contribution in [2.45, 2.75) is 19.6 Å². The number of amides is 1. The summed E-state index contributed by atoms with van der Waals surface area (Å²) in [4.78, 5) is 13.5. The molecule has 0 N–H and O–H groups in total. The van der Waals surface area contributed by atoms with E-state index < -0.39 is 0 Å². The molecule has 3 nitrogen and oxygen atoms in total. The number of ether oxygens (including phenoxy) is 1. The van der Waals surface area contributed by atoms with Gasteiger partial charge in [-0.3, -0.25) is 4.79 Å². The molecular formula is C12H14FNO2. The summed E-state index contributed by atoms with van der Waals surface area (Å²) in [5.74, 6) is -0.418. The van der Waals surface area contributed by atoms with Crippen molar-refractivity contribution in [1.82, 2.24) is 4.90 Å². The number of hydrogen-bond acceptors (Lipinski definition) is 2. The Morgan fingerprint density at radius 1 is 1.56 bits per heavy atom. The number of carbonyl (C=O) groups is 1. The van der Waals surface area contributed by atoms with Crippen LogP contribution in [0.3, 0.4) is 0 Å². The van der Waals surface area contributed by atoms with Gasteiger partial charge in [0, 0.05) is 6.54 Å². The minimum Gasteiger partial charge on any atom is -0.357 e. The lowest BCUT2D eigenvalue weighted by molar-refractivity contribution is -0.134. The van der Waals surface area contributed by atoms with Gasteiger partial charge in [-0.1, -0.05) is 18.2 Å². The largest absolute Gasteiger partial charge is 0.357 e. The van der Waals surface area contributed by atoms with Crippen LogP contribution in [0.25, 0.3) is 0 Å². The van der Waals surface area contributed by atoms with Crippen molar-refractivity contribution in [1.29, 1.82) is 0 Å². The summed E-state index contributed by atoms with van der Waals surface area (Å²) >= 11 is 0. The van der Waals surface area contributed by atoms with Crippen LogP contribution in [-0.4, -0.2) is 30.2 Å². The van der Waals surface area contributed by atoms with Crippen LogP contribution in [0.2, 0.25) is 0 Å². The van der Waals surface area contributed by atoms with E-state index in [1.165, 1.54) is 6.07 Å². The monoisotopic (exact) mass is 223 g/mol. The average molecular weight is 223 g/mol. The second-order valence-electron chi connectivity index (χ2n) is 3.83. The Morgan fingerprint density at radius 3 is 2.94 bits per heavy atom. The summed E-state index contributed by atoms with van der Waals surface area (Å²) in [6.07, 6.45) is -0.0975. The maximum atomic E-state index is 13.3. The molecule has 0 aliphatic carbocycles. The molecule has 1 fully saturated rings. The van der Waals surface area contributed by atoms with E-state index in [0.717, 1.165) is 0 Å². The number of rotatable bonds is 2. The number of halogens is 1. The molecule has 4 heteroatoms. The Balaban J connectivity index is 2.05. The third-order valence-corrected chi connectivity index (χ3v) is 2.75. The maximum Gasteiger partial charge on any atom is 0.229 e. The van der Waals surface area contributed by atoms with Crippen LogP contribution in [0.1, 0.15) is 12.5 Å². The van der Waals surface area contributed by atoms with Crippen LogP contribution in [-0.2, 0) is 16.0 Å². The molecule has 2 rings (SSSR count). The normalized spacial score (nSPS) is 20.1. The van der Waals surface area contributed by atoms with E-state index >= 15 is 0 Å². The first-order chi connectivity index (χ1) is 7.68. The molecule has 1 aliphatic rings. The van der Waals surface area contributed by atoms with Gasteiger partial charge in [-0.15, -0.1) is 0 Å². The first-order valence-electron chi connectivity index (χ1n) is 5.33. The van der Waals surface area contributed by atoms with E-state index in [1.54, 1.807) is 23.1 Å². The third kappa shape index (κ3) is 2.22. The van der Waals surface area contributed by atoms with Crippen LogP contribution in [0.15, 0.2) is 24.3 Å². The molecule has 1 saturated heterocycles. The second-order valence-corrected chi connectivity index (χ2v) is 3.83. The summed E-state index contributed by atoms with van der Waals surface area (Å²) in [5, 5.41) is 0. The van der Waals surface area contributed by atoms with E-state index in [0.29, 0.717) is 18.7 Å². The summed E-state index contributed by atoms with van der Waals surface area (Å²) in [5.41, 5.74) is 0.437. The van der Waals surface area contributed by atoms with E-state index in [4.69, 9.17) is 4.74 Å². The first-order valence-corrected chi connectivity index (χ1v) is 5.33. The quantitative estimate of drug-likeness (QED) is 0.761. The highest BCUT2D eigenvalue weighted by Gasteiger charge is 2.26.